The van der Waals surface area contributed by atoms with Crippen LogP contribution in [-0.4, -0.2) is 21.4 Å². The van der Waals surface area contributed by atoms with Crippen LogP contribution in [0.5, 0.6) is 0 Å². The van der Waals surface area contributed by atoms with E-state index in [1.54, 1.807) is 13.0 Å². The molecule has 1 amide bonds. The van der Waals surface area contributed by atoms with Crippen molar-refractivity contribution in [2.75, 3.05) is 5.32 Å². The Kier molecular flexibility index (Phi) is 4.27. The molecule has 5 nitrogen and oxygen atoms in total. The number of amides is 1. The number of nitrogens with zero attached hydrogens (tertiary/aromatic N) is 1. The summed E-state index contributed by atoms with van der Waals surface area (Å²) in [5, 5.41) is 11.7. The summed E-state index contributed by atoms with van der Waals surface area (Å²) in [4.78, 5) is 23.3. The highest BCUT2D eigenvalue weighted by molar-refractivity contribution is 7.09. The van der Waals surface area contributed by atoms with Gasteiger partial charge in [0.05, 0.1) is 11.3 Å². The molecule has 1 aromatic carbocycles. The number of carboxylic acids is 1. The molecule has 2 rings (SSSR count). The van der Waals surface area contributed by atoms with Gasteiger partial charge in [0.15, 0.2) is 5.15 Å². The quantitative estimate of drug-likeness (QED) is 0.899. The van der Waals surface area contributed by atoms with E-state index in [0.29, 0.717) is 0 Å². The number of hydrogen-bond donors (Lipinski definition) is 2. The summed E-state index contributed by atoms with van der Waals surface area (Å²) in [6, 6.07) is 4.69. The molecule has 0 unspecified atom stereocenters. The Morgan fingerprint density at radius 1 is 1.35 bits per heavy atom. The Morgan fingerprint density at radius 3 is 2.60 bits per heavy atom. The fraction of sp³-hybridized carbons (Fsp3) is 0.0833. The van der Waals surface area contributed by atoms with E-state index in [0.717, 1.165) is 17.1 Å². The van der Waals surface area contributed by atoms with Crippen LogP contribution in [0.4, 0.5) is 5.69 Å². The van der Waals surface area contributed by atoms with Crippen LogP contribution in [0.15, 0.2) is 18.2 Å². The van der Waals surface area contributed by atoms with Crippen LogP contribution >= 0.6 is 34.7 Å². The van der Waals surface area contributed by atoms with Crippen molar-refractivity contribution in [2.45, 2.75) is 6.92 Å². The number of hydrogen-bond acceptors (Lipinski definition) is 4. The normalized spacial score (nSPS) is 10.3. The smallest absolute Gasteiger partial charge is 0.337 e. The number of anilines is 1. The minimum atomic E-state index is -1.13. The van der Waals surface area contributed by atoms with Crippen molar-refractivity contribution in [3.05, 3.63) is 44.4 Å². The van der Waals surface area contributed by atoms with Crippen molar-refractivity contribution in [3.8, 4) is 0 Å². The molecule has 0 fully saturated rings. The SMILES string of the molecule is Cc1ccc(NC(=O)c2snc(Cl)c2Cl)c(C(=O)O)c1. The van der Waals surface area contributed by atoms with E-state index in [9.17, 15) is 9.59 Å². The molecule has 0 bridgehead atoms. The van der Waals surface area contributed by atoms with Gasteiger partial charge in [-0.3, -0.25) is 4.79 Å². The highest BCUT2D eigenvalue weighted by Crippen LogP contribution is 2.29. The summed E-state index contributed by atoms with van der Waals surface area (Å²) in [7, 11) is 0. The number of aromatic carboxylic acids is 1. The molecule has 104 valence electrons. The van der Waals surface area contributed by atoms with Crippen LogP contribution in [0.3, 0.4) is 0 Å². The molecule has 20 heavy (non-hydrogen) atoms. The highest BCUT2D eigenvalue weighted by atomic mass is 35.5. The zero-order chi connectivity index (χ0) is 14.9. The third-order valence-electron chi connectivity index (χ3n) is 2.46. The van der Waals surface area contributed by atoms with Crippen LogP contribution in [0.1, 0.15) is 25.6 Å². The standard InChI is InChI=1S/C12H8Cl2N2O3S/c1-5-2-3-7(6(4-5)12(18)19)15-11(17)9-8(13)10(14)16-20-9/h2-4H,1H3,(H,15,17)(H,18,19). The molecule has 1 aromatic heterocycles. The fourth-order valence-corrected chi connectivity index (χ4v) is 2.63. The average molecular weight is 331 g/mol. The second-order valence-electron chi connectivity index (χ2n) is 3.92. The molecule has 0 saturated carbocycles. The highest BCUT2D eigenvalue weighted by Gasteiger charge is 2.19. The Hall–Kier alpha value is -1.63. The number of carbonyl (C=O) groups excluding carboxylic acids is 1. The lowest BCUT2D eigenvalue weighted by Gasteiger charge is -2.08. The molecule has 8 heteroatoms. The molecule has 0 atom stereocenters. The molecule has 0 aliphatic carbocycles. The monoisotopic (exact) mass is 330 g/mol. The van der Waals surface area contributed by atoms with Gasteiger partial charge in [0.25, 0.3) is 5.91 Å². The molecule has 1 heterocycles. The summed E-state index contributed by atoms with van der Waals surface area (Å²) < 4.78 is 3.75. The van der Waals surface area contributed by atoms with Crippen molar-refractivity contribution in [3.63, 3.8) is 0 Å². The maximum Gasteiger partial charge on any atom is 0.337 e. The van der Waals surface area contributed by atoms with Gasteiger partial charge in [-0.1, -0.05) is 34.8 Å². The van der Waals surface area contributed by atoms with Gasteiger partial charge >= 0.3 is 5.97 Å². The van der Waals surface area contributed by atoms with E-state index in [2.05, 4.69) is 9.69 Å². The second kappa shape index (κ2) is 5.78. The van der Waals surface area contributed by atoms with Gasteiger partial charge < -0.3 is 10.4 Å². The number of carbonyl (C=O) groups is 2. The van der Waals surface area contributed by atoms with Crippen molar-refractivity contribution < 1.29 is 14.7 Å². The molecular weight excluding hydrogens is 323 g/mol. The number of carboxylic acid groups (broad SMARTS) is 1. The van der Waals surface area contributed by atoms with E-state index in [1.807, 2.05) is 0 Å². The molecule has 0 spiro atoms. The number of aromatic nitrogens is 1. The van der Waals surface area contributed by atoms with Gasteiger partial charge in [-0.05, 0) is 30.6 Å². The van der Waals surface area contributed by atoms with Gasteiger partial charge in [-0.2, -0.15) is 4.37 Å². The van der Waals surface area contributed by atoms with Crippen LogP contribution < -0.4 is 5.32 Å². The van der Waals surface area contributed by atoms with E-state index in [1.165, 1.54) is 12.1 Å². The van der Waals surface area contributed by atoms with Gasteiger partial charge in [0.1, 0.15) is 9.90 Å². The summed E-state index contributed by atoms with van der Waals surface area (Å²) in [5.74, 6) is -1.68. The first-order chi connectivity index (χ1) is 9.40. The summed E-state index contributed by atoms with van der Waals surface area (Å²) in [5.41, 5.74) is 0.970. The van der Waals surface area contributed by atoms with Crippen LogP contribution in [0.25, 0.3) is 0 Å². The summed E-state index contributed by atoms with van der Waals surface area (Å²) in [6.45, 7) is 1.76. The zero-order valence-corrected chi connectivity index (χ0v) is 12.4. The Bertz CT molecular complexity index is 700. The zero-order valence-electron chi connectivity index (χ0n) is 10.1. The minimum Gasteiger partial charge on any atom is -0.478 e. The first kappa shape index (κ1) is 14.8. The third kappa shape index (κ3) is 2.92. The average Bonchev–Trinajstić information content (AvgIpc) is 2.72. The lowest BCUT2D eigenvalue weighted by atomic mass is 10.1. The maximum atomic E-state index is 12.0. The number of halogens is 2. The van der Waals surface area contributed by atoms with E-state index in [4.69, 9.17) is 28.3 Å². The predicted molar refractivity (Wildman–Crippen MR) is 78.2 cm³/mol. The molecule has 0 radical (unpaired) electrons. The van der Waals surface area contributed by atoms with Crippen molar-refractivity contribution in [1.82, 2.24) is 4.37 Å². The van der Waals surface area contributed by atoms with E-state index >= 15 is 0 Å². The van der Waals surface area contributed by atoms with Crippen LogP contribution in [0.2, 0.25) is 10.2 Å². The second-order valence-corrected chi connectivity index (χ2v) is 5.43. The lowest BCUT2D eigenvalue weighted by molar-refractivity contribution is 0.0698. The van der Waals surface area contributed by atoms with Crippen molar-refractivity contribution in [1.29, 1.82) is 0 Å². The van der Waals surface area contributed by atoms with E-state index < -0.39 is 11.9 Å². The maximum absolute atomic E-state index is 12.0. The lowest BCUT2D eigenvalue weighted by Crippen LogP contribution is -2.14. The Balaban J connectivity index is 2.33. The predicted octanol–water partition coefficient (Wildman–Crippen LogP) is 3.71. The van der Waals surface area contributed by atoms with Crippen molar-refractivity contribution >= 4 is 52.3 Å². The number of rotatable bonds is 3. The first-order valence-corrected chi connectivity index (χ1v) is 6.89. The number of aryl methyl sites for hydroxylation is 1. The van der Waals surface area contributed by atoms with Crippen LogP contribution in [0, 0.1) is 6.92 Å². The van der Waals surface area contributed by atoms with Gasteiger partial charge in [0, 0.05) is 0 Å². The van der Waals surface area contributed by atoms with Crippen molar-refractivity contribution in [2.24, 2.45) is 0 Å². The number of nitrogens with one attached hydrogen (secondary N) is 1. The fourth-order valence-electron chi connectivity index (χ4n) is 1.52. The largest absolute Gasteiger partial charge is 0.478 e. The molecule has 0 aliphatic heterocycles. The molecule has 0 aliphatic rings. The van der Waals surface area contributed by atoms with Gasteiger partial charge in [-0.25, -0.2) is 4.79 Å². The Labute approximate surface area is 128 Å². The van der Waals surface area contributed by atoms with E-state index in [-0.39, 0.29) is 26.3 Å². The third-order valence-corrected chi connectivity index (χ3v) is 4.25. The summed E-state index contributed by atoms with van der Waals surface area (Å²) in [6.07, 6.45) is 0. The van der Waals surface area contributed by atoms with Crippen LogP contribution in [-0.2, 0) is 0 Å². The molecule has 2 N–H and O–H groups in total. The molecule has 2 aromatic rings. The molecule has 0 saturated heterocycles. The minimum absolute atomic E-state index is 0.00471. The summed E-state index contributed by atoms with van der Waals surface area (Å²) >= 11 is 12.4. The molecular formula is C12H8Cl2N2O3S. The van der Waals surface area contributed by atoms with Gasteiger partial charge in [0.2, 0.25) is 0 Å². The first-order valence-electron chi connectivity index (χ1n) is 5.36. The Morgan fingerprint density at radius 2 is 2.05 bits per heavy atom. The van der Waals surface area contributed by atoms with Gasteiger partial charge in [-0.15, -0.1) is 0 Å². The number of benzene rings is 1. The topological polar surface area (TPSA) is 79.3 Å².